The molecule has 1 aromatic carbocycles. The second kappa shape index (κ2) is 6.43. The van der Waals surface area contributed by atoms with Gasteiger partial charge in [0.05, 0.1) is 17.5 Å². The Bertz CT molecular complexity index is 1030. The number of hydrogen-bond acceptors (Lipinski definition) is 3. The summed E-state index contributed by atoms with van der Waals surface area (Å²) in [5.74, 6) is 0.0613. The third kappa shape index (κ3) is 2.78. The van der Waals surface area contributed by atoms with E-state index in [0.717, 1.165) is 33.3 Å². The number of hydrogen-bond donors (Lipinski definition) is 1. The van der Waals surface area contributed by atoms with Gasteiger partial charge < -0.3 is 9.73 Å². The summed E-state index contributed by atoms with van der Waals surface area (Å²) in [6, 6.07) is 14.0. The Balaban J connectivity index is 1.85. The summed E-state index contributed by atoms with van der Waals surface area (Å²) >= 11 is 0. The van der Waals surface area contributed by atoms with E-state index in [-0.39, 0.29) is 5.91 Å². The number of furan rings is 1. The first-order chi connectivity index (χ1) is 12.3. The van der Waals surface area contributed by atoms with Crippen LogP contribution in [0.2, 0.25) is 0 Å². The Kier molecular flexibility index (Phi) is 3.98. The molecule has 0 saturated carbocycles. The number of fused-ring (bicyclic) bond motifs is 3. The van der Waals surface area contributed by atoms with Crippen LogP contribution in [0.1, 0.15) is 18.9 Å². The fourth-order valence-electron chi connectivity index (χ4n) is 3.16. The quantitative estimate of drug-likeness (QED) is 0.604. The van der Waals surface area contributed by atoms with Crippen LogP contribution in [0.4, 0.5) is 0 Å². The lowest BCUT2D eigenvalue weighted by Crippen LogP contribution is -2.24. The average molecular weight is 333 g/mol. The zero-order chi connectivity index (χ0) is 17.2. The van der Waals surface area contributed by atoms with Crippen molar-refractivity contribution in [3.05, 3.63) is 60.5 Å². The predicted molar refractivity (Wildman–Crippen MR) is 97.4 cm³/mol. The number of pyridine rings is 1. The van der Waals surface area contributed by atoms with Crippen LogP contribution in [0.5, 0.6) is 0 Å². The smallest absolute Gasteiger partial charge is 0.219 e. The van der Waals surface area contributed by atoms with Gasteiger partial charge in [0.15, 0.2) is 0 Å². The van der Waals surface area contributed by atoms with Crippen LogP contribution in [0.3, 0.4) is 0 Å². The molecule has 3 aromatic heterocycles. The van der Waals surface area contributed by atoms with Gasteiger partial charge in [0.25, 0.3) is 0 Å². The molecule has 0 unspecified atom stereocenters. The molecule has 5 nitrogen and oxygen atoms in total. The summed E-state index contributed by atoms with van der Waals surface area (Å²) < 4.78 is 7.45. The lowest BCUT2D eigenvalue weighted by Gasteiger charge is -2.06. The van der Waals surface area contributed by atoms with E-state index in [2.05, 4.69) is 17.4 Å². The molecular weight excluding hydrogens is 314 g/mol. The highest BCUT2D eigenvalue weighted by molar-refractivity contribution is 5.96. The fraction of sp³-hybridized carbons (Fsp3) is 0.200. The van der Waals surface area contributed by atoms with Crippen molar-refractivity contribution in [1.82, 2.24) is 14.9 Å². The van der Waals surface area contributed by atoms with E-state index in [1.807, 2.05) is 48.0 Å². The van der Waals surface area contributed by atoms with Crippen LogP contribution in [0.25, 0.3) is 27.7 Å². The van der Waals surface area contributed by atoms with Crippen molar-refractivity contribution in [2.75, 3.05) is 6.54 Å². The topological polar surface area (TPSA) is 59.5 Å². The molecule has 0 bridgehead atoms. The van der Waals surface area contributed by atoms with Gasteiger partial charge in [-0.05, 0) is 18.6 Å². The second-order valence-corrected chi connectivity index (χ2v) is 5.95. The van der Waals surface area contributed by atoms with Gasteiger partial charge in [-0.3, -0.25) is 4.79 Å². The lowest BCUT2D eigenvalue weighted by molar-refractivity contribution is -0.120. The van der Waals surface area contributed by atoms with Crippen LogP contribution < -0.4 is 5.32 Å². The number of rotatable bonds is 5. The van der Waals surface area contributed by atoms with E-state index < -0.39 is 0 Å². The first-order valence-corrected chi connectivity index (χ1v) is 8.47. The molecule has 5 heteroatoms. The van der Waals surface area contributed by atoms with Gasteiger partial charge in [0.1, 0.15) is 5.58 Å². The first-order valence-electron chi connectivity index (χ1n) is 8.47. The summed E-state index contributed by atoms with van der Waals surface area (Å²) in [7, 11) is 0. The number of nitrogens with zero attached hydrogens (tertiary/aromatic N) is 2. The predicted octanol–water partition coefficient (Wildman–Crippen LogP) is 3.82. The van der Waals surface area contributed by atoms with Crippen molar-refractivity contribution in [2.24, 2.45) is 0 Å². The lowest BCUT2D eigenvalue weighted by atomic mass is 10.0. The van der Waals surface area contributed by atoms with Crippen LogP contribution in [0.15, 0.2) is 59.3 Å². The highest BCUT2D eigenvalue weighted by Gasteiger charge is 2.17. The zero-order valence-corrected chi connectivity index (χ0v) is 14.0. The number of carbonyl (C=O) groups excluding carboxylic acids is 1. The molecule has 3 heterocycles. The third-order valence-corrected chi connectivity index (χ3v) is 4.39. The van der Waals surface area contributed by atoms with Crippen LogP contribution in [0, 0.1) is 0 Å². The van der Waals surface area contributed by atoms with Gasteiger partial charge in [-0.25, -0.2) is 4.52 Å². The van der Waals surface area contributed by atoms with Crippen LogP contribution in [-0.4, -0.2) is 22.1 Å². The summed E-state index contributed by atoms with van der Waals surface area (Å²) in [5.41, 5.74) is 5.01. The number of carbonyl (C=O) groups is 1. The highest BCUT2D eigenvalue weighted by atomic mass is 16.3. The van der Waals surface area contributed by atoms with Gasteiger partial charge in [-0.15, -0.1) is 0 Å². The maximum atomic E-state index is 11.6. The standard InChI is InChI=1S/C20H19N3O2/c1-2-18(24)21-11-8-16-19(14-6-4-3-5-7-14)22-23-12-9-17-15(20(16)23)10-13-25-17/h3-7,9-10,12-13H,2,8,11H2,1H3,(H,21,24). The van der Waals surface area contributed by atoms with E-state index in [4.69, 9.17) is 9.52 Å². The van der Waals surface area contributed by atoms with Gasteiger partial charge >= 0.3 is 0 Å². The maximum absolute atomic E-state index is 11.6. The van der Waals surface area contributed by atoms with Gasteiger partial charge in [0.2, 0.25) is 5.91 Å². The highest BCUT2D eigenvalue weighted by Crippen LogP contribution is 2.31. The normalized spacial score (nSPS) is 11.2. The summed E-state index contributed by atoms with van der Waals surface area (Å²) in [4.78, 5) is 11.6. The molecule has 0 fully saturated rings. The van der Waals surface area contributed by atoms with E-state index in [0.29, 0.717) is 19.4 Å². The zero-order valence-electron chi connectivity index (χ0n) is 14.0. The molecular formula is C20H19N3O2. The van der Waals surface area contributed by atoms with E-state index in [1.165, 1.54) is 0 Å². The largest absolute Gasteiger partial charge is 0.464 e. The monoisotopic (exact) mass is 333 g/mol. The minimum atomic E-state index is 0.0613. The molecule has 0 aliphatic rings. The molecule has 25 heavy (non-hydrogen) atoms. The SMILES string of the molecule is CCC(=O)NCCc1c(-c2ccccc2)nn2ccc3occc3c12. The van der Waals surface area contributed by atoms with Crippen molar-refractivity contribution >= 4 is 22.4 Å². The number of aromatic nitrogens is 2. The van der Waals surface area contributed by atoms with Crippen molar-refractivity contribution in [2.45, 2.75) is 19.8 Å². The molecule has 4 aromatic rings. The molecule has 1 N–H and O–H groups in total. The Morgan fingerprint density at radius 1 is 1.20 bits per heavy atom. The van der Waals surface area contributed by atoms with Crippen molar-refractivity contribution < 1.29 is 9.21 Å². The van der Waals surface area contributed by atoms with Gasteiger partial charge in [-0.2, -0.15) is 5.10 Å². The van der Waals surface area contributed by atoms with Crippen molar-refractivity contribution in [3.8, 4) is 11.3 Å². The maximum Gasteiger partial charge on any atom is 0.219 e. The second-order valence-electron chi connectivity index (χ2n) is 5.95. The minimum Gasteiger partial charge on any atom is -0.464 e. The molecule has 126 valence electrons. The summed E-state index contributed by atoms with van der Waals surface area (Å²) in [6.45, 7) is 2.44. The molecule has 4 rings (SSSR count). The molecule has 0 spiro atoms. The average Bonchev–Trinajstić information content (AvgIpc) is 3.26. The Morgan fingerprint density at radius 3 is 2.84 bits per heavy atom. The number of benzene rings is 1. The van der Waals surface area contributed by atoms with Crippen LogP contribution in [-0.2, 0) is 11.2 Å². The van der Waals surface area contributed by atoms with Crippen LogP contribution >= 0.6 is 0 Å². The van der Waals surface area contributed by atoms with Gasteiger partial charge in [0, 0.05) is 35.7 Å². The first kappa shape index (κ1) is 15.4. The van der Waals surface area contributed by atoms with Gasteiger partial charge in [-0.1, -0.05) is 37.3 Å². The van der Waals surface area contributed by atoms with Crippen molar-refractivity contribution in [3.63, 3.8) is 0 Å². The minimum absolute atomic E-state index is 0.0613. The molecule has 1 amide bonds. The molecule has 0 radical (unpaired) electrons. The van der Waals surface area contributed by atoms with E-state index in [9.17, 15) is 4.79 Å². The van der Waals surface area contributed by atoms with E-state index >= 15 is 0 Å². The summed E-state index contributed by atoms with van der Waals surface area (Å²) in [6.07, 6.45) is 4.82. The number of nitrogens with one attached hydrogen (secondary N) is 1. The molecule has 0 saturated heterocycles. The Hall–Kier alpha value is -3.08. The third-order valence-electron chi connectivity index (χ3n) is 4.39. The van der Waals surface area contributed by atoms with E-state index in [1.54, 1.807) is 6.26 Å². The molecule has 0 atom stereocenters. The number of amides is 1. The fourth-order valence-corrected chi connectivity index (χ4v) is 3.16. The Labute approximate surface area is 145 Å². The molecule has 0 aliphatic carbocycles. The van der Waals surface area contributed by atoms with Crippen molar-refractivity contribution in [1.29, 1.82) is 0 Å². The summed E-state index contributed by atoms with van der Waals surface area (Å²) in [5, 5.41) is 8.79. The molecule has 0 aliphatic heterocycles. The Morgan fingerprint density at radius 2 is 2.04 bits per heavy atom.